The van der Waals surface area contributed by atoms with Crippen LogP contribution in [0, 0.1) is 0 Å². The lowest BCUT2D eigenvalue weighted by atomic mass is 9.99. The first-order valence-corrected chi connectivity index (χ1v) is 8.82. The molecule has 1 amide bonds. The highest BCUT2D eigenvalue weighted by atomic mass is 16.6. The normalized spacial score (nSPS) is 12.7. The number of carbonyl (C=O) groups excluding carboxylic acids is 2. The summed E-state index contributed by atoms with van der Waals surface area (Å²) in [6, 6.07) is 13.0. The van der Waals surface area contributed by atoms with E-state index in [0.29, 0.717) is 6.42 Å². The molecule has 2 aromatic rings. The topological polar surface area (TPSA) is 64.6 Å². The summed E-state index contributed by atoms with van der Waals surface area (Å²) in [5, 5.41) is 4.78. The van der Waals surface area contributed by atoms with Gasteiger partial charge in [-0.15, -0.1) is 0 Å². The Balaban J connectivity index is 2.25. The van der Waals surface area contributed by atoms with E-state index in [1.165, 1.54) is 0 Å². The molecule has 5 heteroatoms. The zero-order valence-electron chi connectivity index (χ0n) is 16.0. The SMILES string of the molecule is CC(C)OC(=O)[C@@H](Cc1cccc2ccccc12)NC(=O)OC(C)(C)C. The first-order chi connectivity index (χ1) is 12.2. The zero-order valence-corrected chi connectivity index (χ0v) is 16.0. The number of benzene rings is 2. The second-order valence-electron chi connectivity index (χ2n) is 7.53. The summed E-state index contributed by atoms with van der Waals surface area (Å²) in [6.45, 7) is 8.89. The van der Waals surface area contributed by atoms with Crippen molar-refractivity contribution in [3.8, 4) is 0 Å². The van der Waals surface area contributed by atoms with E-state index in [1.54, 1.807) is 34.6 Å². The van der Waals surface area contributed by atoms with E-state index in [1.807, 2.05) is 42.5 Å². The Morgan fingerprint density at radius 2 is 1.69 bits per heavy atom. The molecule has 2 rings (SSSR count). The number of carbonyl (C=O) groups is 2. The minimum absolute atomic E-state index is 0.266. The molecule has 0 bridgehead atoms. The maximum atomic E-state index is 12.5. The van der Waals surface area contributed by atoms with Crippen LogP contribution in [-0.4, -0.2) is 29.8 Å². The summed E-state index contributed by atoms with van der Waals surface area (Å²) in [6.07, 6.45) is -0.576. The molecule has 0 saturated carbocycles. The molecule has 5 nitrogen and oxygen atoms in total. The van der Waals surface area contributed by atoms with E-state index in [0.717, 1.165) is 16.3 Å². The van der Waals surface area contributed by atoms with Gasteiger partial charge in [0.15, 0.2) is 0 Å². The molecule has 0 aliphatic heterocycles. The summed E-state index contributed by atoms with van der Waals surface area (Å²) in [5.74, 6) is -0.473. The fourth-order valence-corrected chi connectivity index (χ4v) is 2.65. The summed E-state index contributed by atoms with van der Waals surface area (Å²) >= 11 is 0. The van der Waals surface area contributed by atoms with Crippen LogP contribution in [0.3, 0.4) is 0 Å². The Morgan fingerprint density at radius 3 is 2.35 bits per heavy atom. The molecule has 0 aromatic heterocycles. The molecule has 1 N–H and O–H groups in total. The second kappa shape index (κ2) is 8.21. The average molecular weight is 357 g/mol. The fraction of sp³-hybridized carbons (Fsp3) is 0.429. The van der Waals surface area contributed by atoms with Crippen molar-refractivity contribution in [2.75, 3.05) is 0 Å². The van der Waals surface area contributed by atoms with Gasteiger partial charge in [-0.25, -0.2) is 9.59 Å². The molecule has 0 saturated heterocycles. The highest BCUT2D eigenvalue weighted by molar-refractivity contribution is 5.87. The van der Waals surface area contributed by atoms with E-state index in [-0.39, 0.29) is 6.10 Å². The van der Waals surface area contributed by atoms with Gasteiger partial charge < -0.3 is 14.8 Å². The average Bonchev–Trinajstić information content (AvgIpc) is 2.52. The lowest BCUT2D eigenvalue weighted by molar-refractivity contribution is -0.149. The van der Waals surface area contributed by atoms with Gasteiger partial charge in [0.1, 0.15) is 11.6 Å². The van der Waals surface area contributed by atoms with Crippen molar-refractivity contribution in [1.29, 1.82) is 0 Å². The number of esters is 1. The van der Waals surface area contributed by atoms with Crippen molar-refractivity contribution < 1.29 is 19.1 Å². The minimum Gasteiger partial charge on any atom is -0.461 e. The number of hydrogen-bond donors (Lipinski definition) is 1. The minimum atomic E-state index is -0.821. The van der Waals surface area contributed by atoms with Gasteiger partial charge in [-0.05, 0) is 51.0 Å². The van der Waals surface area contributed by atoms with Crippen LogP contribution in [0.5, 0.6) is 0 Å². The van der Waals surface area contributed by atoms with Gasteiger partial charge in [-0.1, -0.05) is 42.5 Å². The van der Waals surface area contributed by atoms with Crippen molar-refractivity contribution >= 4 is 22.8 Å². The van der Waals surface area contributed by atoms with Gasteiger partial charge in [0, 0.05) is 6.42 Å². The Bertz CT molecular complexity index is 772. The quantitative estimate of drug-likeness (QED) is 0.814. The Kier molecular flexibility index (Phi) is 6.24. The summed E-state index contributed by atoms with van der Waals surface area (Å²) in [4.78, 5) is 24.7. The van der Waals surface area contributed by atoms with Crippen LogP contribution in [0.15, 0.2) is 42.5 Å². The predicted molar refractivity (Wildman–Crippen MR) is 102 cm³/mol. The first kappa shape index (κ1) is 19.8. The Labute approximate surface area is 154 Å². The lowest BCUT2D eigenvalue weighted by Gasteiger charge is -2.24. The Morgan fingerprint density at radius 1 is 1.04 bits per heavy atom. The van der Waals surface area contributed by atoms with Crippen LogP contribution in [-0.2, 0) is 20.7 Å². The standard InChI is InChI=1S/C21H27NO4/c1-14(2)25-19(23)18(22-20(24)26-21(3,4)5)13-16-11-8-10-15-9-6-7-12-17(15)16/h6-12,14,18H,13H2,1-5H3,(H,22,24)/t18-/m1/s1. The largest absolute Gasteiger partial charge is 0.461 e. The van der Waals surface area contributed by atoms with E-state index in [2.05, 4.69) is 5.32 Å². The molecule has 0 heterocycles. The second-order valence-corrected chi connectivity index (χ2v) is 7.53. The van der Waals surface area contributed by atoms with E-state index >= 15 is 0 Å². The van der Waals surface area contributed by atoms with E-state index in [9.17, 15) is 9.59 Å². The molecular formula is C21H27NO4. The zero-order chi connectivity index (χ0) is 19.3. The maximum absolute atomic E-state index is 12.5. The van der Waals surface area contributed by atoms with E-state index < -0.39 is 23.7 Å². The molecule has 26 heavy (non-hydrogen) atoms. The molecule has 0 radical (unpaired) electrons. The van der Waals surface area contributed by atoms with Crippen molar-refractivity contribution in [2.45, 2.75) is 58.8 Å². The van der Waals surface area contributed by atoms with Crippen LogP contribution in [0.4, 0.5) is 4.79 Å². The smallest absolute Gasteiger partial charge is 0.408 e. The molecule has 0 aliphatic rings. The highest BCUT2D eigenvalue weighted by Gasteiger charge is 2.27. The molecule has 0 spiro atoms. The molecular weight excluding hydrogens is 330 g/mol. The summed E-state index contributed by atoms with van der Waals surface area (Å²) in [7, 11) is 0. The van der Waals surface area contributed by atoms with Crippen LogP contribution >= 0.6 is 0 Å². The maximum Gasteiger partial charge on any atom is 0.408 e. The number of ether oxygens (including phenoxy) is 2. The van der Waals surface area contributed by atoms with Crippen molar-refractivity contribution in [2.24, 2.45) is 0 Å². The molecule has 0 fully saturated rings. The van der Waals surface area contributed by atoms with Crippen molar-refractivity contribution in [3.63, 3.8) is 0 Å². The van der Waals surface area contributed by atoms with Gasteiger partial charge in [-0.2, -0.15) is 0 Å². The lowest BCUT2D eigenvalue weighted by Crippen LogP contribution is -2.46. The number of alkyl carbamates (subject to hydrolysis) is 1. The number of amides is 1. The fourth-order valence-electron chi connectivity index (χ4n) is 2.65. The molecule has 2 aromatic carbocycles. The number of hydrogen-bond acceptors (Lipinski definition) is 4. The number of nitrogens with one attached hydrogen (secondary N) is 1. The van der Waals surface area contributed by atoms with Crippen LogP contribution in [0.1, 0.15) is 40.2 Å². The first-order valence-electron chi connectivity index (χ1n) is 8.82. The molecule has 0 aliphatic carbocycles. The van der Waals surface area contributed by atoms with Gasteiger partial charge >= 0.3 is 12.1 Å². The molecule has 1 atom stereocenters. The third kappa shape index (κ3) is 5.76. The van der Waals surface area contributed by atoms with Gasteiger partial charge in [-0.3, -0.25) is 0 Å². The van der Waals surface area contributed by atoms with Crippen LogP contribution in [0.25, 0.3) is 10.8 Å². The molecule has 140 valence electrons. The molecule has 0 unspecified atom stereocenters. The van der Waals surface area contributed by atoms with Crippen molar-refractivity contribution in [3.05, 3.63) is 48.0 Å². The van der Waals surface area contributed by atoms with Gasteiger partial charge in [0.05, 0.1) is 6.10 Å². The van der Waals surface area contributed by atoms with Crippen molar-refractivity contribution in [1.82, 2.24) is 5.32 Å². The summed E-state index contributed by atoms with van der Waals surface area (Å²) < 4.78 is 10.6. The highest BCUT2D eigenvalue weighted by Crippen LogP contribution is 2.20. The van der Waals surface area contributed by atoms with E-state index in [4.69, 9.17) is 9.47 Å². The van der Waals surface area contributed by atoms with Gasteiger partial charge in [0.25, 0.3) is 0 Å². The van der Waals surface area contributed by atoms with Crippen LogP contribution < -0.4 is 5.32 Å². The third-order valence-electron chi connectivity index (χ3n) is 3.63. The van der Waals surface area contributed by atoms with Gasteiger partial charge in [0.2, 0.25) is 0 Å². The third-order valence-corrected chi connectivity index (χ3v) is 3.63. The monoisotopic (exact) mass is 357 g/mol. The van der Waals surface area contributed by atoms with Crippen LogP contribution in [0.2, 0.25) is 0 Å². The predicted octanol–water partition coefficient (Wildman–Crippen LogP) is 4.23. The number of rotatable bonds is 5. The summed E-state index contributed by atoms with van der Waals surface area (Å²) in [5.41, 5.74) is 0.320. The number of fused-ring (bicyclic) bond motifs is 1. The Hall–Kier alpha value is -2.56.